The summed E-state index contributed by atoms with van der Waals surface area (Å²) in [5.41, 5.74) is 0.981. The molecule has 0 saturated carbocycles. The SMILES string of the molecule is CC(C)=NOCCCC(C)C. The first-order valence-electron chi connectivity index (χ1n) is 4.26. The van der Waals surface area contributed by atoms with E-state index in [2.05, 4.69) is 19.0 Å². The maximum absolute atomic E-state index is 5.03. The predicted octanol–water partition coefficient (Wildman–Crippen LogP) is 2.84. The molecule has 0 aromatic carbocycles. The Balaban J connectivity index is 3.09. The average Bonchev–Trinajstić information content (AvgIpc) is 1.85. The molecule has 0 heterocycles. The van der Waals surface area contributed by atoms with E-state index in [9.17, 15) is 0 Å². The van der Waals surface area contributed by atoms with Crippen LogP contribution in [0, 0.1) is 5.92 Å². The van der Waals surface area contributed by atoms with Crippen LogP contribution in [0.1, 0.15) is 40.5 Å². The van der Waals surface area contributed by atoms with Gasteiger partial charge in [-0.1, -0.05) is 19.0 Å². The van der Waals surface area contributed by atoms with Crippen LogP contribution in [0.5, 0.6) is 0 Å². The average molecular weight is 157 g/mol. The van der Waals surface area contributed by atoms with E-state index in [-0.39, 0.29) is 0 Å². The second-order valence-electron chi connectivity index (χ2n) is 3.41. The van der Waals surface area contributed by atoms with Crippen molar-refractivity contribution >= 4 is 5.71 Å². The molecule has 0 aromatic rings. The van der Waals surface area contributed by atoms with Gasteiger partial charge in [-0.2, -0.15) is 0 Å². The minimum absolute atomic E-state index is 0.753. The van der Waals surface area contributed by atoms with Crippen LogP contribution in [-0.4, -0.2) is 12.3 Å². The smallest absolute Gasteiger partial charge is 0.117 e. The van der Waals surface area contributed by atoms with Crippen LogP contribution in [0.2, 0.25) is 0 Å². The predicted molar refractivity (Wildman–Crippen MR) is 48.8 cm³/mol. The summed E-state index contributed by atoms with van der Waals surface area (Å²) in [4.78, 5) is 5.03. The normalized spacial score (nSPS) is 9.91. The van der Waals surface area contributed by atoms with Crippen molar-refractivity contribution in [2.24, 2.45) is 11.1 Å². The number of rotatable bonds is 5. The molecule has 0 fully saturated rings. The second-order valence-corrected chi connectivity index (χ2v) is 3.41. The fourth-order valence-corrected chi connectivity index (χ4v) is 0.731. The minimum Gasteiger partial charge on any atom is -0.396 e. The molecule has 66 valence electrons. The summed E-state index contributed by atoms with van der Waals surface area (Å²) in [7, 11) is 0. The number of hydrogen-bond acceptors (Lipinski definition) is 2. The van der Waals surface area contributed by atoms with Gasteiger partial charge in [0.25, 0.3) is 0 Å². The third-order valence-electron chi connectivity index (χ3n) is 1.26. The maximum atomic E-state index is 5.03. The molecular weight excluding hydrogens is 138 g/mol. The Kier molecular flexibility index (Phi) is 5.90. The first-order chi connectivity index (χ1) is 5.13. The van der Waals surface area contributed by atoms with Crippen molar-refractivity contribution in [3.8, 4) is 0 Å². The lowest BCUT2D eigenvalue weighted by molar-refractivity contribution is 0.137. The molecule has 0 aromatic heterocycles. The molecule has 0 N–H and O–H groups in total. The van der Waals surface area contributed by atoms with Crippen LogP contribution in [0.15, 0.2) is 5.16 Å². The summed E-state index contributed by atoms with van der Waals surface area (Å²) in [6.45, 7) is 9.05. The molecule has 0 rings (SSSR count). The van der Waals surface area contributed by atoms with E-state index < -0.39 is 0 Å². The van der Waals surface area contributed by atoms with E-state index >= 15 is 0 Å². The summed E-state index contributed by atoms with van der Waals surface area (Å²) in [6.07, 6.45) is 2.33. The summed E-state index contributed by atoms with van der Waals surface area (Å²) >= 11 is 0. The highest BCUT2D eigenvalue weighted by Gasteiger charge is 1.92. The zero-order valence-corrected chi connectivity index (χ0v) is 8.05. The Morgan fingerprint density at radius 1 is 1.36 bits per heavy atom. The Hall–Kier alpha value is -0.530. The lowest BCUT2D eigenvalue weighted by Crippen LogP contribution is -1.94. The van der Waals surface area contributed by atoms with E-state index in [0.29, 0.717) is 0 Å². The Labute approximate surface area is 69.6 Å². The van der Waals surface area contributed by atoms with Crippen LogP contribution < -0.4 is 0 Å². The van der Waals surface area contributed by atoms with Crippen molar-refractivity contribution in [2.75, 3.05) is 6.61 Å². The fraction of sp³-hybridized carbons (Fsp3) is 0.889. The molecule has 0 radical (unpaired) electrons. The summed E-state index contributed by atoms with van der Waals surface area (Å²) in [5.74, 6) is 0.769. The van der Waals surface area contributed by atoms with Gasteiger partial charge in [-0.15, -0.1) is 0 Å². The topological polar surface area (TPSA) is 21.6 Å². The molecule has 2 nitrogen and oxygen atoms in total. The molecule has 0 saturated heterocycles. The lowest BCUT2D eigenvalue weighted by Gasteiger charge is -2.02. The summed E-state index contributed by atoms with van der Waals surface area (Å²) < 4.78 is 0. The van der Waals surface area contributed by atoms with E-state index in [4.69, 9.17) is 4.84 Å². The van der Waals surface area contributed by atoms with Gasteiger partial charge < -0.3 is 4.84 Å². The van der Waals surface area contributed by atoms with Gasteiger partial charge in [0.1, 0.15) is 6.61 Å². The molecule has 11 heavy (non-hydrogen) atoms. The fourth-order valence-electron chi connectivity index (χ4n) is 0.731. The highest BCUT2D eigenvalue weighted by Crippen LogP contribution is 2.02. The van der Waals surface area contributed by atoms with Gasteiger partial charge >= 0.3 is 0 Å². The molecule has 0 spiro atoms. The first kappa shape index (κ1) is 10.5. The molecule has 0 aliphatic heterocycles. The quantitative estimate of drug-likeness (QED) is 0.341. The molecule has 0 bridgehead atoms. The van der Waals surface area contributed by atoms with Gasteiger partial charge in [-0.05, 0) is 32.6 Å². The third kappa shape index (κ3) is 9.47. The molecule has 0 unspecified atom stereocenters. The summed E-state index contributed by atoms with van der Waals surface area (Å²) in [5, 5.41) is 3.84. The van der Waals surface area contributed by atoms with Crippen molar-refractivity contribution < 1.29 is 4.84 Å². The van der Waals surface area contributed by atoms with Crippen molar-refractivity contribution in [3.63, 3.8) is 0 Å². The van der Waals surface area contributed by atoms with E-state index in [1.807, 2.05) is 13.8 Å². The number of nitrogens with zero attached hydrogens (tertiary/aromatic N) is 1. The van der Waals surface area contributed by atoms with Gasteiger partial charge in [-0.3, -0.25) is 0 Å². The number of hydrogen-bond donors (Lipinski definition) is 0. The van der Waals surface area contributed by atoms with Crippen LogP contribution in [0.25, 0.3) is 0 Å². The summed E-state index contributed by atoms with van der Waals surface area (Å²) in [6, 6.07) is 0. The van der Waals surface area contributed by atoms with Crippen LogP contribution in [0.3, 0.4) is 0 Å². The molecule has 0 amide bonds. The van der Waals surface area contributed by atoms with E-state index in [1.165, 1.54) is 6.42 Å². The third-order valence-corrected chi connectivity index (χ3v) is 1.26. The van der Waals surface area contributed by atoms with Crippen molar-refractivity contribution in [1.82, 2.24) is 0 Å². The zero-order chi connectivity index (χ0) is 8.69. The highest BCUT2D eigenvalue weighted by molar-refractivity contribution is 5.78. The maximum Gasteiger partial charge on any atom is 0.117 e. The number of oxime groups is 1. The van der Waals surface area contributed by atoms with Crippen molar-refractivity contribution in [3.05, 3.63) is 0 Å². The largest absolute Gasteiger partial charge is 0.396 e. The molecule has 0 atom stereocenters. The van der Waals surface area contributed by atoms with Gasteiger partial charge in [0.15, 0.2) is 0 Å². The van der Waals surface area contributed by atoms with Crippen LogP contribution in [0.4, 0.5) is 0 Å². The Morgan fingerprint density at radius 3 is 2.45 bits per heavy atom. The van der Waals surface area contributed by atoms with E-state index in [1.54, 1.807) is 0 Å². The zero-order valence-electron chi connectivity index (χ0n) is 8.05. The van der Waals surface area contributed by atoms with E-state index in [0.717, 1.165) is 24.7 Å². The monoisotopic (exact) mass is 157 g/mol. The van der Waals surface area contributed by atoms with Gasteiger partial charge in [0.05, 0.1) is 5.71 Å². The molecule has 0 aliphatic rings. The molecular formula is C9H19NO. The van der Waals surface area contributed by atoms with Gasteiger partial charge in [0, 0.05) is 0 Å². The molecule has 2 heteroatoms. The Bertz CT molecular complexity index is 115. The minimum atomic E-state index is 0.753. The second kappa shape index (κ2) is 6.20. The Morgan fingerprint density at radius 2 is 2.00 bits per heavy atom. The van der Waals surface area contributed by atoms with Crippen molar-refractivity contribution in [1.29, 1.82) is 0 Å². The van der Waals surface area contributed by atoms with Gasteiger partial charge in [-0.25, -0.2) is 0 Å². The van der Waals surface area contributed by atoms with Crippen LogP contribution >= 0.6 is 0 Å². The standard InChI is InChI=1S/C9H19NO/c1-8(2)6-5-7-11-10-9(3)4/h8H,5-7H2,1-4H3. The first-order valence-corrected chi connectivity index (χ1v) is 4.26. The highest BCUT2D eigenvalue weighted by atomic mass is 16.6. The molecule has 0 aliphatic carbocycles. The van der Waals surface area contributed by atoms with Crippen LogP contribution in [-0.2, 0) is 4.84 Å². The lowest BCUT2D eigenvalue weighted by atomic mass is 10.1. The van der Waals surface area contributed by atoms with Crippen molar-refractivity contribution in [2.45, 2.75) is 40.5 Å². The van der Waals surface area contributed by atoms with Gasteiger partial charge in [0.2, 0.25) is 0 Å².